The van der Waals surface area contributed by atoms with Gasteiger partial charge in [0.15, 0.2) is 5.96 Å². The highest BCUT2D eigenvalue weighted by Crippen LogP contribution is 2.22. The molecule has 1 heterocycles. The molecule has 6 nitrogen and oxygen atoms in total. The third-order valence-electron chi connectivity index (χ3n) is 4.88. The molecule has 1 saturated heterocycles. The maximum absolute atomic E-state index is 11.7. The molecule has 0 radical (unpaired) electrons. The van der Waals surface area contributed by atoms with E-state index in [1.165, 1.54) is 18.2 Å². The van der Waals surface area contributed by atoms with Crippen LogP contribution in [0.3, 0.4) is 0 Å². The van der Waals surface area contributed by atoms with Crippen LogP contribution in [0.15, 0.2) is 23.2 Å². The van der Waals surface area contributed by atoms with Crippen molar-refractivity contribution in [2.75, 3.05) is 39.9 Å². The minimum atomic E-state index is -0.0970. The highest BCUT2D eigenvalue weighted by molar-refractivity contribution is 14.0. The summed E-state index contributed by atoms with van der Waals surface area (Å²) in [5.41, 5.74) is 2.33. The number of esters is 1. The van der Waals surface area contributed by atoms with E-state index in [2.05, 4.69) is 43.1 Å². The van der Waals surface area contributed by atoms with E-state index in [1.54, 1.807) is 0 Å². The summed E-state index contributed by atoms with van der Waals surface area (Å²) in [6, 6.07) is 6.19. The van der Waals surface area contributed by atoms with Crippen LogP contribution in [0.2, 0.25) is 0 Å². The van der Waals surface area contributed by atoms with E-state index < -0.39 is 0 Å². The fourth-order valence-corrected chi connectivity index (χ4v) is 3.37. The van der Waals surface area contributed by atoms with Crippen molar-refractivity contribution in [3.05, 3.63) is 29.3 Å². The van der Waals surface area contributed by atoms with Gasteiger partial charge in [0.1, 0.15) is 5.75 Å². The number of ether oxygens (including phenoxy) is 2. The summed E-state index contributed by atoms with van der Waals surface area (Å²) >= 11 is 0. The first-order valence-corrected chi connectivity index (χ1v) is 9.87. The Morgan fingerprint density at radius 3 is 2.46 bits per heavy atom. The number of hydrogen-bond donors (Lipinski definition) is 1. The van der Waals surface area contributed by atoms with E-state index >= 15 is 0 Å². The Balaban J connectivity index is 0.00000392. The molecule has 0 aliphatic carbocycles. The molecule has 0 aromatic heterocycles. The number of nitrogens with one attached hydrogen (secondary N) is 1. The molecule has 1 aromatic carbocycles. The lowest BCUT2D eigenvalue weighted by atomic mass is 9.97. The first-order chi connectivity index (χ1) is 13.1. The molecule has 158 valence electrons. The molecule has 1 aliphatic rings. The molecule has 1 N–H and O–H groups in total. The van der Waals surface area contributed by atoms with Gasteiger partial charge in [-0.1, -0.05) is 18.2 Å². The lowest BCUT2D eigenvalue weighted by Crippen LogP contribution is -2.46. The molecule has 0 spiro atoms. The second kappa shape index (κ2) is 12.9. The number of piperidine rings is 1. The zero-order chi connectivity index (χ0) is 19.6. The van der Waals surface area contributed by atoms with Gasteiger partial charge in [0, 0.05) is 32.6 Å². The van der Waals surface area contributed by atoms with Gasteiger partial charge >= 0.3 is 5.97 Å². The number of aliphatic imine (C=N–C) groups is 1. The van der Waals surface area contributed by atoms with E-state index in [0.29, 0.717) is 13.2 Å². The first kappa shape index (κ1) is 24.5. The van der Waals surface area contributed by atoms with Crippen LogP contribution in [0.25, 0.3) is 0 Å². The Morgan fingerprint density at radius 2 is 1.89 bits per heavy atom. The predicted octanol–water partition coefficient (Wildman–Crippen LogP) is 3.54. The molecule has 0 saturated carbocycles. The normalized spacial score (nSPS) is 15.0. The Labute approximate surface area is 186 Å². The van der Waals surface area contributed by atoms with Gasteiger partial charge in [0.05, 0.1) is 19.6 Å². The van der Waals surface area contributed by atoms with Crippen molar-refractivity contribution in [1.82, 2.24) is 10.2 Å². The quantitative estimate of drug-likeness (QED) is 0.203. The summed E-state index contributed by atoms with van der Waals surface area (Å²) in [5.74, 6) is 1.83. The van der Waals surface area contributed by atoms with Gasteiger partial charge in [0.25, 0.3) is 0 Å². The van der Waals surface area contributed by atoms with Crippen LogP contribution in [0.1, 0.15) is 37.3 Å². The van der Waals surface area contributed by atoms with Crippen molar-refractivity contribution >= 4 is 35.9 Å². The summed E-state index contributed by atoms with van der Waals surface area (Å²) in [7, 11) is 1.46. The summed E-state index contributed by atoms with van der Waals surface area (Å²) in [5, 5.41) is 3.36. The molecule has 0 unspecified atom stereocenters. The van der Waals surface area contributed by atoms with Crippen molar-refractivity contribution in [2.45, 2.75) is 40.0 Å². The van der Waals surface area contributed by atoms with Crippen LogP contribution in [-0.2, 0) is 9.53 Å². The molecule has 7 heteroatoms. The average Bonchev–Trinajstić information content (AvgIpc) is 2.68. The fraction of sp³-hybridized carbons (Fsp3) is 0.619. The van der Waals surface area contributed by atoms with Gasteiger partial charge in [-0.2, -0.15) is 0 Å². The molecular weight excluding hydrogens is 469 g/mol. The molecular formula is C21H34IN3O3. The molecule has 2 rings (SSSR count). The van der Waals surface area contributed by atoms with Crippen molar-refractivity contribution in [1.29, 1.82) is 0 Å². The molecule has 1 aliphatic heterocycles. The summed E-state index contributed by atoms with van der Waals surface area (Å²) in [6.45, 7) is 10.1. The minimum Gasteiger partial charge on any atom is -0.493 e. The summed E-state index contributed by atoms with van der Waals surface area (Å²) in [6.07, 6.45) is 2.49. The highest BCUT2D eigenvalue weighted by Gasteiger charge is 2.26. The number of aryl methyl sites for hydroxylation is 2. The van der Waals surface area contributed by atoms with E-state index in [-0.39, 0.29) is 35.9 Å². The maximum atomic E-state index is 11.7. The second-order valence-electron chi connectivity index (χ2n) is 6.94. The van der Waals surface area contributed by atoms with Crippen molar-refractivity contribution in [2.24, 2.45) is 10.9 Å². The standard InChI is InChI=1S/C21H33N3O3.HI/c1-5-22-21(24-13-10-18(11-14-24)20(25)26-4)23-12-7-15-27-19-16(2)8-6-9-17(19)3;/h6,8-9,18H,5,7,10-15H2,1-4H3,(H,22,23);1H. The Morgan fingerprint density at radius 1 is 1.25 bits per heavy atom. The van der Waals surface area contributed by atoms with Crippen LogP contribution in [0.4, 0.5) is 0 Å². The Bertz CT molecular complexity index is 624. The SMILES string of the molecule is CCNC(=NCCCOc1c(C)cccc1C)N1CCC(C(=O)OC)CC1.I. The number of carbonyl (C=O) groups excluding carboxylic acids is 1. The molecule has 0 atom stereocenters. The maximum Gasteiger partial charge on any atom is 0.308 e. The summed E-state index contributed by atoms with van der Waals surface area (Å²) in [4.78, 5) is 18.6. The number of benzene rings is 1. The number of likely N-dealkylation sites (tertiary alicyclic amines) is 1. The van der Waals surface area contributed by atoms with Crippen molar-refractivity contribution in [3.63, 3.8) is 0 Å². The number of halogens is 1. The van der Waals surface area contributed by atoms with Gasteiger partial charge in [-0.05, 0) is 44.7 Å². The van der Waals surface area contributed by atoms with Crippen LogP contribution in [0.5, 0.6) is 5.75 Å². The minimum absolute atomic E-state index is 0. The number of para-hydroxylation sites is 1. The predicted molar refractivity (Wildman–Crippen MR) is 124 cm³/mol. The number of guanidine groups is 1. The van der Waals surface area contributed by atoms with E-state index in [0.717, 1.165) is 50.6 Å². The first-order valence-electron chi connectivity index (χ1n) is 9.87. The molecule has 1 fully saturated rings. The molecule has 1 aromatic rings. The van der Waals surface area contributed by atoms with Crippen molar-refractivity contribution < 1.29 is 14.3 Å². The van der Waals surface area contributed by atoms with Crippen LogP contribution in [0, 0.1) is 19.8 Å². The molecule has 0 amide bonds. The van der Waals surface area contributed by atoms with Crippen LogP contribution >= 0.6 is 24.0 Å². The van der Waals surface area contributed by atoms with E-state index in [4.69, 9.17) is 14.5 Å². The van der Waals surface area contributed by atoms with Gasteiger partial charge in [-0.25, -0.2) is 0 Å². The smallest absolute Gasteiger partial charge is 0.308 e. The van der Waals surface area contributed by atoms with Crippen LogP contribution in [-0.4, -0.2) is 56.7 Å². The topological polar surface area (TPSA) is 63.2 Å². The number of methoxy groups -OCH3 is 1. The fourth-order valence-electron chi connectivity index (χ4n) is 3.37. The van der Waals surface area contributed by atoms with Gasteiger partial charge < -0.3 is 19.7 Å². The monoisotopic (exact) mass is 503 g/mol. The Hall–Kier alpha value is -1.51. The zero-order valence-electron chi connectivity index (χ0n) is 17.5. The molecule has 0 bridgehead atoms. The average molecular weight is 503 g/mol. The third kappa shape index (κ3) is 7.14. The van der Waals surface area contributed by atoms with Gasteiger partial charge in [0.2, 0.25) is 0 Å². The summed E-state index contributed by atoms with van der Waals surface area (Å²) < 4.78 is 10.8. The van der Waals surface area contributed by atoms with Gasteiger partial charge in [-0.15, -0.1) is 24.0 Å². The number of hydrogen-bond acceptors (Lipinski definition) is 4. The zero-order valence-corrected chi connectivity index (χ0v) is 19.8. The number of nitrogens with zero attached hydrogens (tertiary/aromatic N) is 2. The molecule has 28 heavy (non-hydrogen) atoms. The van der Waals surface area contributed by atoms with Crippen LogP contribution < -0.4 is 10.1 Å². The Kier molecular flexibility index (Phi) is 11.3. The van der Waals surface area contributed by atoms with Crippen molar-refractivity contribution in [3.8, 4) is 5.75 Å². The number of rotatable bonds is 7. The third-order valence-corrected chi connectivity index (χ3v) is 4.88. The highest BCUT2D eigenvalue weighted by atomic mass is 127. The second-order valence-corrected chi connectivity index (χ2v) is 6.94. The largest absolute Gasteiger partial charge is 0.493 e. The van der Waals surface area contributed by atoms with E-state index in [1.807, 2.05) is 6.07 Å². The number of carbonyl (C=O) groups is 1. The van der Waals surface area contributed by atoms with E-state index in [9.17, 15) is 4.79 Å². The lowest BCUT2D eigenvalue weighted by molar-refractivity contribution is -0.146. The lowest BCUT2D eigenvalue weighted by Gasteiger charge is -2.33. The van der Waals surface area contributed by atoms with Gasteiger partial charge in [-0.3, -0.25) is 9.79 Å².